The number of aromatic nitrogens is 3. The maximum atomic E-state index is 5.58. The summed E-state index contributed by atoms with van der Waals surface area (Å²) >= 11 is 0. The summed E-state index contributed by atoms with van der Waals surface area (Å²) in [6, 6.07) is 6.65. The molecule has 2 aromatic heterocycles. The number of benzene rings is 1. The highest BCUT2D eigenvalue weighted by Gasteiger charge is 2.42. The molecule has 1 aliphatic rings. The van der Waals surface area contributed by atoms with Crippen LogP contribution in [-0.4, -0.2) is 22.8 Å². The number of rotatable bonds is 6. The fourth-order valence-corrected chi connectivity index (χ4v) is 6.83. The molecule has 0 unspecified atom stereocenters. The summed E-state index contributed by atoms with van der Waals surface area (Å²) in [7, 11) is 5.48. The highest BCUT2D eigenvalue weighted by molar-refractivity contribution is 8.76. The van der Waals surface area contributed by atoms with Crippen molar-refractivity contribution in [3.8, 4) is 11.7 Å². The van der Waals surface area contributed by atoms with Crippen molar-refractivity contribution in [1.82, 2.24) is 9.97 Å². The predicted molar refractivity (Wildman–Crippen MR) is 129 cm³/mol. The maximum absolute atomic E-state index is 5.58. The first-order valence-corrected chi connectivity index (χ1v) is 13.0. The number of aromatic amines is 1. The summed E-state index contributed by atoms with van der Waals surface area (Å²) < 4.78 is 7.76. The third-order valence-corrected chi connectivity index (χ3v) is 8.62. The molecular formula is C24H32ClN3OS2. The Morgan fingerprint density at radius 1 is 1.13 bits per heavy atom. The van der Waals surface area contributed by atoms with E-state index < -0.39 is 0 Å². The minimum atomic E-state index is 0. The fourth-order valence-electron chi connectivity index (χ4n) is 5.03. The molecule has 1 N–H and O–H groups in total. The highest BCUT2D eigenvalue weighted by atomic mass is 35.5. The van der Waals surface area contributed by atoms with E-state index in [0.717, 1.165) is 46.2 Å². The molecule has 0 radical (unpaired) electrons. The van der Waals surface area contributed by atoms with E-state index in [-0.39, 0.29) is 23.2 Å². The topological polar surface area (TPSA) is 41.8 Å². The van der Waals surface area contributed by atoms with Crippen LogP contribution in [0.1, 0.15) is 63.4 Å². The van der Waals surface area contributed by atoms with Crippen molar-refractivity contribution in [2.45, 2.75) is 64.5 Å². The van der Waals surface area contributed by atoms with Crippen LogP contribution in [0.3, 0.4) is 0 Å². The Morgan fingerprint density at radius 2 is 1.81 bits per heavy atom. The largest absolute Gasteiger partial charge is 1.00 e. The van der Waals surface area contributed by atoms with Crippen LogP contribution in [-0.2, 0) is 16.6 Å². The van der Waals surface area contributed by atoms with Gasteiger partial charge in [-0.15, -0.1) is 0 Å². The first-order valence-electron chi connectivity index (χ1n) is 10.6. The number of ether oxygens (including phenoxy) is 1. The number of nitrogens with one attached hydrogen (secondary N) is 1. The molecule has 1 aromatic carbocycles. The van der Waals surface area contributed by atoms with E-state index in [2.05, 4.69) is 69.4 Å². The molecule has 2 heterocycles. The van der Waals surface area contributed by atoms with Gasteiger partial charge in [-0.25, -0.2) is 9.55 Å². The lowest BCUT2D eigenvalue weighted by atomic mass is 9.82. The van der Waals surface area contributed by atoms with Crippen LogP contribution >= 0.6 is 21.6 Å². The molecule has 0 fully saturated rings. The number of methoxy groups -OCH3 is 1. The third kappa shape index (κ3) is 4.31. The molecule has 7 heteroatoms. The minimum absolute atomic E-state index is 0. The number of nitrogens with zero attached hydrogens (tertiary/aromatic N) is 2. The fraction of sp³-hybridized carbons (Fsp3) is 0.500. The van der Waals surface area contributed by atoms with Gasteiger partial charge in [-0.1, -0.05) is 61.2 Å². The molecule has 31 heavy (non-hydrogen) atoms. The van der Waals surface area contributed by atoms with Gasteiger partial charge in [-0.3, -0.25) is 0 Å². The molecule has 168 valence electrons. The van der Waals surface area contributed by atoms with Crippen molar-refractivity contribution in [2.75, 3.05) is 12.9 Å². The number of imidazole rings is 1. The molecule has 1 aliphatic carbocycles. The van der Waals surface area contributed by atoms with Gasteiger partial charge in [0.25, 0.3) is 0 Å². The molecule has 0 atom stereocenters. The van der Waals surface area contributed by atoms with Gasteiger partial charge in [0.2, 0.25) is 0 Å². The van der Waals surface area contributed by atoms with Crippen LogP contribution < -0.4 is 21.7 Å². The molecule has 0 amide bonds. The zero-order valence-electron chi connectivity index (χ0n) is 19.4. The van der Waals surface area contributed by atoms with E-state index in [0.29, 0.717) is 0 Å². The second-order valence-electron chi connectivity index (χ2n) is 9.41. The average molecular weight is 478 g/mol. The molecule has 4 rings (SSSR count). The third-order valence-electron chi connectivity index (χ3n) is 6.26. The molecule has 0 aliphatic heterocycles. The van der Waals surface area contributed by atoms with Crippen LogP contribution in [0.2, 0.25) is 0 Å². The predicted octanol–water partition coefficient (Wildman–Crippen LogP) is 3.02. The van der Waals surface area contributed by atoms with E-state index in [1.165, 1.54) is 16.8 Å². The molecule has 4 nitrogen and oxygen atoms in total. The summed E-state index contributed by atoms with van der Waals surface area (Å²) in [5.41, 5.74) is 7.76. The van der Waals surface area contributed by atoms with Crippen LogP contribution in [0.4, 0.5) is 0 Å². The number of pyridine rings is 1. The van der Waals surface area contributed by atoms with E-state index in [1.54, 1.807) is 7.11 Å². The van der Waals surface area contributed by atoms with Crippen LogP contribution in [0, 0.1) is 6.92 Å². The Bertz CT molecular complexity index is 1060. The molecular weight excluding hydrogens is 446 g/mol. The van der Waals surface area contributed by atoms with Crippen LogP contribution in [0.25, 0.3) is 17.0 Å². The van der Waals surface area contributed by atoms with E-state index in [9.17, 15) is 0 Å². The lowest BCUT2D eigenvalue weighted by Crippen LogP contribution is -3.00. The summed E-state index contributed by atoms with van der Waals surface area (Å²) in [6.45, 7) is 13.7. The van der Waals surface area contributed by atoms with Crippen LogP contribution in [0.15, 0.2) is 24.4 Å². The number of H-pyrrole nitrogens is 1. The van der Waals surface area contributed by atoms with Crippen molar-refractivity contribution < 1.29 is 21.7 Å². The lowest BCUT2D eigenvalue weighted by Gasteiger charge is -2.22. The first kappa shape index (κ1) is 24.3. The van der Waals surface area contributed by atoms with Gasteiger partial charge in [0.05, 0.1) is 19.1 Å². The highest BCUT2D eigenvalue weighted by Crippen LogP contribution is 2.50. The van der Waals surface area contributed by atoms with Crippen molar-refractivity contribution >= 4 is 32.6 Å². The summed E-state index contributed by atoms with van der Waals surface area (Å²) in [5.74, 6) is 3.78. The SMILES string of the molecule is CCSSCc1c(C)c(OC)cc[n+]1-c1nc2cc3c(cc2[nH]1)C(C)(C)CC3(C)C.[Cl-]. The van der Waals surface area contributed by atoms with Crippen molar-refractivity contribution in [2.24, 2.45) is 0 Å². The quantitative estimate of drug-likeness (QED) is 0.336. The summed E-state index contributed by atoms with van der Waals surface area (Å²) in [4.78, 5) is 8.61. The Hall–Kier alpha value is -1.37. The van der Waals surface area contributed by atoms with Gasteiger partial charge < -0.3 is 17.1 Å². The normalized spacial score (nSPS) is 16.2. The van der Waals surface area contributed by atoms with Crippen molar-refractivity contribution in [3.05, 3.63) is 46.8 Å². The standard InChI is InChI=1S/C24H32N3OS2.ClH/c1-8-29-30-13-20-15(2)21(28-7)9-10-27(20)22-25-18-11-16-17(12-19(18)26-22)24(5,6)14-23(16,3)4;/h9-12H,8,13-14H2,1-7H3,(H,25,26);1H/q+1;/p-1. The van der Waals surface area contributed by atoms with Gasteiger partial charge in [-0.2, -0.15) is 0 Å². The Morgan fingerprint density at radius 3 is 2.45 bits per heavy atom. The van der Waals surface area contributed by atoms with Gasteiger partial charge in [-0.05, 0) is 47.4 Å². The number of halogens is 1. The maximum Gasteiger partial charge on any atom is 0.402 e. The second kappa shape index (κ2) is 8.87. The number of hydrogen-bond acceptors (Lipinski definition) is 4. The van der Waals surface area contributed by atoms with Crippen molar-refractivity contribution in [3.63, 3.8) is 0 Å². The van der Waals surface area contributed by atoms with Gasteiger partial charge in [0.1, 0.15) is 17.0 Å². The molecule has 0 bridgehead atoms. The van der Waals surface area contributed by atoms with Crippen molar-refractivity contribution in [1.29, 1.82) is 0 Å². The van der Waals surface area contributed by atoms with E-state index in [4.69, 9.17) is 9.72 Å². The smallest absolute Gasteiger partial charge is 0.402 e. The molecule has 0 spiro atoms. The molecule has 3 aromatic rings. The Labute approximate surface area is 199 Å². The number of fused-ring (bicyclic) bond motifs is 2. The molecule has 0 saturated carbocycles. The lowest BCUT2D eigenvalue weighted by molar-refractivity contribution is -0.610. The minimum Gasteiger partial charge on any atom is -1.00 e. The zero-order valence-corrected chi connectivity index (χ0v) is 21.8. The van der Waals surface area contributed by atoms with E-state index >= 15 is 0 Å². The zero-order chi connectivity index (χ0) is 21.7. The van der Waals surface area contributed by atoms with Gasteiger partial charge >= 0.3 is 5.95 Å². The first-order chi connectivity index (χ1) is 14.2. The Kier molecular flexibility index (Phi) is 6.95. The average Bonchev–Trinajstić information content (AvgIpc) is 3.17. The summed E-state index contributed by atoms with van der Waals surface area (Å²) in [6.07, 6.45) is 3.23. The van der Waals surface area contributed by atoms with Gasteiger partial charge in [0.15, 0.2) is 5.52 Å². The van der Waals surface area contributed by atoms with Crippen LogP contribution in [0.5, 0.6) is 5.75 Å². The molecule has 0 saturated heterocycles. The van der Waals surface area contributed by atoms with E-state index in [1.807, 2.05) is 27.7 Å². The Balaban J connectivity index is 0.00000272. The number of hydrogen-bond donors (Lipinski definition) is 1. The van der Waals surface area contributed by atoms with Gasteiger partial charge in [0, 0.05) is 17.4 Å². The monoisotopic (exact) mass is 477 g/mol. The second-order valence-corrected chi connectivity index (χ2v) is 12.2. The summed E-state index contributed by atoms with van der Waals surface area (Å²) in [5, 5.41) is 0.